The molecular weight excluding hydrogens is 348 g/mol. The topological polar surface area (TPSA) is 88.3 Å². The van der Waals surface area contributed by atoms with Gasteiger partial charge in [0, 0.05) is 46.3 Å². The minimum absolute atomic E-state index is 0.167. The number of piperidine rings is 1. The molecule has 2 rings (SSSR count). The molecule has 8 heteroatoms. The minimum atomic E-state index is 0.167. The molecule has 1 aromatic heterocycles. The number of nitrogens with one attached hydrogen (secondary N) is 2. The van der Waals surface area contributed by atoms with Gasteiger partial charge in [-0.05, 0) is 25.0 Å². The van der Waals surface area contributed by atoms with Gasteiger partial charge in [-0.1, -0.05) is 0 Å². The van der Waals surface area contributed by atoms with Crippen LogP contribution in [0.5, 0.6) is 0 Å². The minimum Gasteiger partial charge on any atom is -0.469 e. The maximum absolute atomic E-state index is 12.1. The predicted octanol–water partition coefficient (Wildman–Crippen LogP) is 1.03. The third-order valence-electron chi connectivity index (χ3n) is 4.52. The van der Waals surface area contributed by atoms with Crippen molar-refractivity contribution in [2.45, 2.75) is 31.7 Å². The summed E-state index contributed by atoms with van der Waals surface area (Å²) in [5, 5.41) is 6.84. The molecule has 0 unspecified atom stereocenters. The molecule has 1 aliphatic heterocycles. The van der Waals surface area contributed by atoms with Crippen molar-refractivity contribution >= 4 is 11.9 Å². The van der Waals surface area contributed by atoms with Crippen LogP contribution < -0.4 is 10.6 Å². The van der Waals surface area contributed by atoms with E-state index in [9.17, 15) is 4.79 Å². The van der Waals surface area contributed by atoms with E-state index in [0.29, 0.717) is 32.2 Å². The number of rotatable bonds is 10. The van der Waals surface area contributed by atoms with Crippen LogP contribution in [0.2, 0.25) is 0 Å². The quantitative estimate of drug-likeness (QED) is 0.358. The highest BCUT2D eigenvalue weighted by atomic mass is 16.5. The van der Waals surface area contributed by atoms with E-state index < -0.39 is 0 Å². The maximum Gasteiger partial charge on any atom is 0.224 e. The first-order valence-corrected chi connectivity index (χ1v) is 9.55. The Balaban J connectivity index is 1.76. The second-order valence-corrected chi connectivity index (χ2v) is 6.52. The Morgan fingerprint density at radius 2 is 2.07 bits per heavy atom. The van der Waals surface area contributed by atoms with E-state index in [0.717, 1.165) is 50.6 Å². The molecular formula is C19H32N4O4. The van der Waals surface area contributed by atoms with Crippen LogP contribution in [0.15, 0.2) is 27.8 Å². The van der Waals surface area contributed by atoms with Crippen LogP contribution in [-0.4, -0.2) is 76.4 Å². The number of furan rings is 1. The van der Waals surface area contributed by atoms with Crippen molar-refractivity contribution in [3.05, 3.63) is 24.2 Å². The number of hydrogen-bond donors (Lipinski definition) is 2. The van der Waals surface area contributed by atoms with Crippen molar-refractivity contribution in [2.24, 2.45) is 4.99 Å². The number of hydrogen-bond acceptors (Lipinski definition) is 5. The summed E-state index contributed by atoms with van der Waals surface area (Å²) in [5.41, 5.74) is 0. The van der Waals surface area contributed by atoms with Gasteiger partial charge in [-0.3, -0.25) is 9.79 Å². The first-order chi connectivity index (χ1) is 13.2. The Hall–Kier alpha value is -2.06. The number of aliphatic imine (C=N–C) groups is 1. The summed E-state index contributed by atoms with van der Waals surface area (Å²) in [6, 6.07) is 4.16. The smallest absolute Gasteiger partial charge is 0.224 e. The molecule has 0 aliphatic carbocycles. The highest BCUT2D eigenvalue weighted by Crippen LogP contribution is 2.11. The lowest BCUT2D eigenvalue weighted by atomic mass is 10.0. The van der Waals surface area contributed by atoms with Gasteiger partial charge >= 0.3 is 0 Å². The van der Waals surface area contributed by atoms with Gasteiger partial charge in [0.15, 0.2) is 5.96 Å². The van der Waals surface area contributed by atoms with Gasteiger partial charge < -0.3 is 29.4 Å². The SMILES string of the molecule is COCCN=C(NCCc1ccco1)NC1CCN(C(=O)CCOC)CC1. The molecule has 2 heterocycles. The van der Waals surface area contributed by atoms with Crippen LogP contribution in [0.1, 0.15) is 25.0 Å². The summed E-state index contributed by atoms with van der Waals surface area (Å²) in [6.07, 6.45) is 4.74. The molecule has 2 N–H and O–H groups in total. The van der Waals surface area contributed by atoms with Crippen LogP contribution >= 0.6 is 0 Å². The molecule has 1 aliphatic rings. The molecule has 0 radical (unpaired) electrons. The standard InChI is InChI=1S/C19H32N4O4/c1-25-14-8-18(24)23-11-6-16(7-12-23)22-19(21-10-15-26-2)20-9-5-17-4-3-13-27-17/h3-4,13,16H,5-12,14-15H2,1-2H3,(H2,20,21,22). The molecule has 0 spiro atoms. The average Bonchev–Trinajstić information content (AvgIpc) is 3.20. The summed E-state index contributed by atoms with van der Waals surface area (Å²) in [7, 11) is 3.29. The molecule has 0 saturated carbocycles. The fraction of sp³-hybridized carbons (Fsp3) is 0.684. The lowest BCUT2D eigenvalue weighted by molar-refractivity contribution is -0.133. The third-order valence-corrected chi connectivity index (χ3v) is 4.52. The largest absolute Gasteiger partial charge is 0.469 e. The highest BCUT2D eigenvalue weighted by Gasteiger charge is 2.23. The van der Waals surface area contributed by atoms with Gasteiger partial charge in [0.2, 0.25) is 5.91 Å². The molecule has 1 fully saturated rings. The number of carbonyl (C=O) groups excluding carboxylic acids is 1. The van der Waals surface area contributed by atoms with E-state index in [2.05, 4.69) is 15.6 Å². The Bertz CT molecular complexity index is 554. The number of likely N-dealkylation sites (tertiary alicyclic amines) is 1. The number of carbonyl (C=O) groups is 1. The van der Waals surface area contributed by atoms with Gasteiger partial charge in [0.25, 0.3) is 0 Å². The number of methoxy groups -OCH3 is 2. The zero-order chi connectivity index (χ0) is 19.3. The first-order valence-electron chi connectivity index (χ1n) is 9.55. The Morgan fingerprint density at radius 1 is 1.30 bits per heavy atom. The van der Waals surface area contributed by atoms with E-state index in [1.54, 1.807) is 20.5 Å². The van der Waals surface area contributed by atoms with Crippen molar-refractivity contribution in [3.63, 3.8) is 0 Å². The summed E-state index contributed by atoms with van der Waals surface area (Å²) in [6.45, 7) is 3.92. The van der Waals surface area contributed by atoms with Crippen LogP contribution in [-0.2, 0) is 20.7 Å². The van der Waals surface area contributed by atoms with Crippen molar-refractivity contribution in [2.75, 3.05) is 53.6 Å². The summed E-state index contributed by atoms with van der Waals surface area (Å²) in [4.78, 5) is 18.6. The number of guanidine groups is 1. The molecule has 0 aromatic carbocycles. The van der Waals surface area contributed by atoms with E-state index in [-0.39, 0.29) is 5.91 Å². The molecule has 1 saturated heterocycles. The molecule has 1 aromatic rings. The van der Waals surface area contributed by atoms with Crippen LogP contribution in [0, 0.1) is 0 Å². The zero-order valence-corrected chi connectivity index (χ0v) is 16.4. The van der Waals surface area contributed by atoms with Crippen LogP contribution in [0.25, 0.3) is 0 Å². The van der Waals surface area contributed by atoms with E-state index in [4.69, 9.17) is 13.9 Å². The number of ether oxygens (including phenoxy) is 2. The van der Waals surface area contributed by atoms with Crippen molar-refractivity contribution in [1.82, 2.24) is 15.5 Å². The second-order valence-electron chi connectivity index (χ2n) is 6.52. The Kier molecular flexibility index (Phi) is 9.72. The summed E-state index contributed by atoms with van der Waals surface area (Å²) in [5.74, 6) is 1.89. The van der Waals surface area contributed by atoms with Crippen molar-refractivity contribution in [1.29, 1.82) is 0 Å². The fourth-order valence-corrected chi connectivity index (χ4v) is 2.97. The van der Waals surface area contributed by atoms with E-state index in [1.807, 2.05) is 17.0 Å². The lowest BCUT2D eigenvalue weighted by Gasteiger charge is -2.33. The molecule has 0 atom stereocenters. The van der Waals surface area contributed by atoms with Gasteiger partial charge in [0.1, 0.15) is 5.76 Å². The lowest BCUT2D eigenvalue weighted by Crippen LogP contribution is -2.50. The van der Waals surface area contributed by atoms with Crippen LogP contribution in [0.3, 0.4) is 0 Å². The molecule has 8 nitrogen and oxygen atoms in total. The first kappa shape index (κ1) is 21.2. The van der Waals surface area contributed by atoms with Gasteiger partial charge in [-0.25, -0.2) is 0 Å². The molecule has 27 heavy (non-hydrogen) atoms. The fourth-order valence-electron chi connectivity index (χ4n) is 2.97. The van der Waals surface area contributed by atoms with Crippen molar-refractivity contribution < 1.29 is 18.7 Å². The summed E-state index contributed by atoms with van der Waals surface area (Å²) >= 11 is 0. The van der Waals surface area contributed by atoms with E-state index >= 15 is 0 Å². The molecule has 1 amide bonds. The number of amides is 1. The summed E-state index contributed by atoms with van der Waals surface area (Å²) < 4.78 is 15.4. The molecule has 152 valence electrons. The third kappa shape index (κ3) is 8.01. The Labute approximate surface area is 161 Å². The monoisotopic (exact) mass is 380 g/mol. The maximum atomic E-state index is 12.1. The second kappa shape index (κ2) is 12.3. The van der Waals surface area contributed by atoms with Crippen molar-refractivity contribution in [3.8, 4) is 0 Å². The van der Waals surface area contributed by atoms with Crippen LogP contribution in [0.4, 0.5) is 0 Å². The van der Waals surface area contributed by atoms with Gasteiger partial charge in [0.05, 0.1) is 32.4 Å². The van der Waals surface area contributed by atoms with E-state index in [1.165, 1.54) is 0 Å². The number of nitrogens with zero attached hydrogens (tertiary/aromatic N) is 2. The average molecular weight is 380 g/mol. The van der Waals surface area contributed by atoms with Gasteiger partial charge in [-0.2, -0.15) is 0 Å². The van der Waals surface area contributed by atoms with Gasteiger partial charge in [-0.15, -0.1) is 0 Å². The Morgan fingerprint density at radius 3 is 2.74 bits per heavy atom. The predicted molar refractivity (Wildman–Crippen MR) is 104 cm³/mol. The molecule has 0 bridgehead atoms. The normalized spacial score (nSPS) is 15.8. The highest BCUT2D eigenvalue weighted by molar-refractivity contribution is 5.80. The zero-order valence-electron chi connectivity index (χ0n) is 16.4.